The Labute approximate surface area is 96.9 Å². The van der Waals surface area contributed by atoms with Crippen LogP contribution in [-0.2, 0) is 19.8 Å². The molecule has 0 amide bonds. The van der Waals surface area contributed by atoms with Crippen molar-refractivity contribution in [2.45, 2.75) is 0 Å². The molecule has 108 valence electrons. The van der Waals surface area contributed by atoms with E-state index in [1.54, 1.807) is 0 Å². The van der Waals surface area contributed by atoms with E-state index in [0.29, 0.717) is 0 Å². The Kier molecular flexibility index (Phi) is 15.6. The molecule has 0 spiro atoms. The van der Waals surface area contributed by atoms with Gasteiger partial charge in [-0.1, -0.05) is 0 Å². The molecule has 0 unspecified atom stereocenters. The number of carbonyl (C=O) groups is 1. The van der Waals surface area contributed by atoms with Gasteiger partial charge in [0.05, 0.1) is 12.8 Å². The van der Waals surface area contributed by atoms with Gasteiger partial charge < -0.3 is 27.2 Å². The van der Waals surface area contributed by atoms with Crippen LogP contribution in [0.5, 0.6) is 0 Å². The van der Waals surface area contributed by atoms with Gasteiger partial charge in [0.15, 0.2) is 0 Å². The van der Waals surface area contributed by atoms with E-state index in [-0.39, 0.29) is 12.3 Å². The van der Waals surface area contributed by atoms with Gasteiger partial charge in [0.25, 0.3) is 0 Å². The predicted molar refractivity (Wildman–Crippen MR) is 56.8 cm³/mol. The van der Waals surface area contributed by atoms with Gasteiger partial charge in [-0.2, -0.15) is 8.42 Å². The third kappa shape index (κ3) is 67.7. The molecule has 0 bridgehead atoms. The summed E-state index contributed by atoms with van der Waals surface area (Å²) in [4.78, 5) is 26.1. The van der Waals surface area contributed by atoms with Crippen LogP contribution in [-0.4, -0.2) is 51.2 Å². The maximum atomic E-state index is 10.1. The minimum absolute atomic E-state index is 0. The van der Waals surface area contributed by atoms with Crippen LogP contribution in [0.4, 0.5) is 0 Å². The van der Waals surface area contributed by atoms with Crippen LogP contribution < -0.4 is 17.6 Å². The van der Waals surface area contributed by atoms with Crippen LogP contribution in [0.25, 0.3) is 0 Å². The molecule has 0 aromatic heterocycles. The smallest absolute Gasteiger partial charge is 0.394 e. The molecular formula is C3H16N3O9PS. The number of aliphatic carboxylic acids is 1. The molecule has 17 heavy (non-hydrogen) atoms. The second-order valence-corrected chi connectivity index (χ2v) is 4.63. The number of hydrogen-bond donors (Lipinski definition) is 8. The molecule has 0 aromatic rings. The summed E-state index contributed by atoms with van der Waals surface area (Å²) in [7, 11) is -8.76. The first-order valence-electron chi connectivity index (χ1n) is 3.09. The summed E-state index contributed by atoms with van der Waals surface area (Å²) < 4.78 is 41.6. The number of carboxylic acid groups (broad SMARTS) is 1. The average Bonchev–Trinajstić information content (AvgIpc) is 1.77. The summed E-state index contributed by atoms with van der Waals surface area (Å²) in [6.07, 6.45) is -0.598. The summed E-state index contributed by atoms with van der Waals surface area (Å²) in [6, 6.07) is 0. The lowest BCUT2D eigenvalue weighted by Gasteiger charge is -2.02. The highest BCUT2D eigenvalue weighted by molar-refractivity contribution is 7.79. The topological polar surface area (TPSA) is 251 Å². The van der Waals surface area contributed by atoms with Crippen molar-refractivity contribution < 1.29 is 41.8 Å². The van der Waals surface area contributed by atoms with E-state index < -0.39 is 36.8 Å². The molecule has 0 aliphatic carbocycles. The fourth-order valence-corrected chi connectivity index (χ4v) is 0.712. The van der Waals surface area contributed by atoms with E-state index in [2.05, 4.69) is 5.32 Å². The van der Waals surface area contributed by atoms with Gasteiger partial charge >= 0.3 is 24.0 Å². The lowest BCUT2D eigenvalue weighted by Crippen LogP contribution is -2.23. The third-order valence-electron chi connectivity index (χ3n) is 0.594. The first-order chi connectivity index (χ1) is 6.42. The molecule has 0 saturated carbocycles. The predicted octanol–water partition coefficient (Wildman–Crippen LogP) is -1.53. The van der Waals surface area contributed by atoms with Crippen LogP contribution in [0, 0.1) is 0 Å². The van der Waals surface area contributed by atoms with E-state index in [1.807, 2.05) is 0 Å². The molecule has 0 radical (unpaired) electrons. The SMILES string of the molecule is N.N.O=C(O)CNCP(=O)(O)O.O=S(=O)(O)O. The quantitative estimate of drug-likeness (QED) is 0.217. The van der Waals surface area contributed by atoms with Gasteiger partial charge in [0, 0.05) is 0 Å². The zero-order chi connectivity index (χ0) is 12.7. The molecule has 0 rings (SSSR count). The molecule has 0 atom stereocenters. The minimum atomic E-state index is -4.67. The van der Waals surface area contributed by atoms with Crippen LogP contribution in [0.1, 0.15) is 0 Å². The molecule has 14 heteroatoms. The van der Waals surface area contributed by atoms with Crippen molar-refractivity contribution in [2.24, 2.45) is 0 Å². The molecule has 12 N–H and O–H groups in total. The fraction of sp³-hybridized carbons (Fsp3) is 0.667. The largest absolute Gasteiger partial charge is 0.480 e. The van der Waals surface area contributed by atoms with Crippen molar-refractivity contribution in [3.05, 3.63) is 0 Å². The van der Waals surface area contributed by atoms with Crippen LogP contribution in [0.3, 0.4) is 0 Å². The second kappa shape index (κ2) is 10.5. The van der Waals surface area contributed by atoms with Crippen molar-refractivity contribution in [2.75, 3.05) is 12.8 Å². The Bertz CT molecular complexity index is 327. The molecule has 0 fully saturated rings. The van der Waals surface area contributed by atoms with E-state index in [9.17, 15) is 9.36 Å². The van der Waals surface area contributed by atoms with Gasteiger partial charge in [-0.15, -0.1) is 0 Å². The van der Waals surface area contributed by atoms with E-state index in [0.717, 1.165) is 0 Å². The molecule has 12 nitrogen and oxygen atoms in total. The third-order valence-corrected chi connectivity index (χ3v) is 1.23. The Hall–Kier alpha value is -0.630. The maximum Gasteiger partial charge on any atom is 0.394 e. The lowest BCUT2D eigenvalue weighted by atomic mass is 10.7. The van der Waals surface area contributed by atoms with E-state index in [4.69, 9.17) is 32.4 Å². The second-order valence-electron chi connectivity index (χ2n) is 2.09. The first kappa shape index (κ1) is 25.3. The van der Waals surface area contributed by atoms with E-state index >= 15 is 0 Å². The number of rotatable bonds is 4. The van der Waals surface area contributed by atoms with E-state index in [1.165, 1.54) is 0 Å². The van der Waals surface area contributed by atoms with Crippen molar-refractivity contribution in [1.82, 2.24) is 17.6 Å². The summed E-state index contributed by atoms with van der Waals surface area (Å²) in [5.41, 5.74) is 0. The van der Waals surface area contributed by atoms with Crippen LogP contribution in [0.2, 0.25) is 0 Å². The molecule has 0 aliphatic heterocycles. The zero-order valence-corrected chi connectivity index (χ0v) is 10.3. The zero-order valence-electron chi connectivity index (χ0n) is 8.55. The van der Waals surface area contributed by atoms with Gasteiger partial charge in [-0.25, -0.2) is 0 Å². The van der Waals surface area contributed by atoms with Gasteiger partial charge in [-0.3, -0.25) is 23.8 Å². The molecule has 0 aromatic carbocycles. The highest BCUT2D eigenvalue weighted by Gasteiger charge is 2.11. The van der Waals surface area contributed by atoms with Crippen molar-refractivity contribution >= 4 is 24.0 Å². The normalized spacial score (nSPS) is 10.1. The minimum Gasteiger partial charge on any atom is -0.480 e. The summed E-state index contributed by atoms with van der Waals surface area (Å²) in [5.74, 6) is -1.14. The summed E-state index contributed by atoms with van der Waals surface area (Å²) in [5, 5.41) is 10.1. The first-order valence-corrected chi connectivity index (χ1v) is 6.28. The monoisotopic (exact) mass is 301 g/mol. The number of carboxylic acids is 1. The Morgan fingerprint density at radius 3 is 1.65 bits per heavy atom. The van der Waals surface area contributed by atoms with Gasteiger partial charge in [0.2, 0.25) is 0 Å². The molecular weight excluding hydrogens is 285 g/mol. The number of hydrogen-bond acceptors (Lipinski definition) is 7. The summed E-state index contributed by atoms with van der Waals surface area (Å²) in [6.45, 7) is -0.439. The molecule has 0 aliphatic rings. The van der Waals surface area contributed by atoms with Gasteiger partial charge in [0.1, 0.15) is 0 Å². The Balaban J connectivity index is -0.000000105. The van der Waals surface area contributed by atoms with Crippen LogP contribution >= 0.6 is 7.60 Å². The highest BCUT2D eigenvalue weighted by atomic mass is 32.3. The fourth-order valence-electron chi connectivity index (χ4n) is 0.308. The summed E-state index contributed by atoms with van der Waals surface area (Å²) >= 11 is 0. The van der Waals surface area contributed by atoms with Crippen molar-refractivity contribution in [3.8, 4) is 0 Å². The number of nitrogens with one attached hydrogen (secondary N) is 1. The maximum absolute atomic E-state index is 10.1. The Morgan fingerprint density at radius 1 is 1.18 bits per heavy atom. The standard InChI is InChI=1S/C3H8NO5P.2H3N.H2O4S/c5-3(6)1-4-2-10(7,8)9;;;1-5(2,3)4/h4H,1-2H2,(H,5,6)(H2,7,8,9);2*1H3;(H2,1,2,3,4). The van der Waals surface area contributed by atoms with Crippen molar-refractivity contribution in [3.63, 3.8) is 0 Å². The average molecular weight is 301 g/mol. The highest BCUT2D eigenvalue weighted by Crippen LogP contribution is 2.31. The molecule has 0 saturated heterocycles. The lowest BCUT2D eigenvalue weighted by molar-refractivity contribution is -0.135. The van der Waals surface area contributed by atoms with Crippen molar-refractivity contribution in [1.29, 1.82) is 0 Å². The molecule has 0 heterocycles. The van der Waals surface area contributed by atoms with Gasteiger partial charge in [-0.05, 0) is 0 Å². The Morgan fingerprint density at radius 2 is 1.47 bits per heavy atom. The van der Waals surface area contributed by atoms with Crippen LogP contribution in [0.15, 0.2) is 0 Å².